The summed E-state index contributed by atoms with van der Waals surface area (Å²) < 4.78 is 16.3. The van der Waals surface area contributed by atoms with E-state index in [0.717, 1.165) is 4.88 Å². The van der Waals surface area contributed by atoms with Crippen LogP contribution in [0.1, 0.15) is 4.88 Å². The average Bonchev–Trinajstić information content (AvgIpc) is 3.27. The van der Waals surface area contributed by atoms with Crippen molar-refractivity contribution in [3.8, 4) is 17.2 Å². The van der Waals surface area contributed by atoms with E-state index in [-0.39, 0.29) is 13.2 Å². The molecular weight excluding hydrogens is 316 g/mol. The first-order chi connectivity index (χ1) is 11.3. The van der Waals surface area contributed by atoms with Crippen LogP contribution in [0.15, 0.2) is 52.6 Å². The molecule has 1 aromatic carbocycles. The van der Waals surface area contributed by atoms with E-state index in [1.807, 2.05) is 35.7 Å². The predicted octanol–water partition coefficient (Wildman–Crippen LogP) is 2.75. The molecule has 23 heavy (non-hydrogen) atoms. The van der Waals surface area contributed by atoms with Crippen LogP contribution < -0.4 is 4.74 Å². The van der Waals surface area contributed by atoms with E-state index in [4.69, 9.17) is 13.9 Å². The first-order valence-electron chi connectivity index (χ1n) is 7.09. The predicted molar refractivity (Wildman–Crippen MR) is 85.2 cm³/mol. The van der Waals surface area contributed by atoms with E-state index in [1.165, 1.54) is 6.39 Å². The molecule has 1 unspecified atom stereocenters. The summed E-state index contributed by atoms with van der Waals surface area (Å²) in [6, 6.07) is 11.3. The lowest BCUT2D eigenvalue weighted by atomic mass is 10.2. The number of aliphatic hydroxyl groups is 1. The average molecular weight is 332 g/mol. The Labute approximate surface area is 137 Å². The minimum absolute atomic E-state index is 0.121. The van der Waals surface area contributed by atoms with Gasteiger partial charge in [-0.1, -0.05) is 18.2 Å². The van der Waals surface area contributed by atoms with Crippen molar-refractivity contribution >= 4 is 11.3 Å². The second-order valence-electron chi connectivity index (χ2n) is 4.80. The highest BCUT2D eigenvalue weighted by Gasteiger charge is 2.12. The maximum atomic E-state index is 9.96. The quantitative estimate of drug-likeness (QED) is 0.683. The fourth-order valence-electron chi connectivity index (χ4n) is 1.98. The summed E-state index contributed by atoms with van der Waals surface area (Å²) in [5.74, 6) is 0.957. The first-order valence-corrected chi connectivity index (χ1v) is 7.97. The third-order valence-corrected chi connectivity index (χ3v) is 3.89. The third kappa shape index (κ3) is 4.38. The number of rotatable bonds is 8. The van der Waals surface area contributed by atoms with Gasteiger partial charge in [-0.05, 0) is 23.6 Å². The Kier molecular flexibility index (Phi) is 5.36. The number of nitrogens with zero attached hydrogens (tertiary/aromatic N) is 2. The fourth-order valence-corrected chi connectivity index (χ4v) is 2.62. The molecule has 0 aliphatic heterocycles. The summed E-state index contributed by atoms with van der Waals surface area (Å²) in [4.78, 5) is 1.12. The smallest absolute Gasteiger partial charge is 0.251 e. The van der Waals surface area contributed by atoms with E-state index in [1.54, 1.807) is 17.4 Å². The molecule has 6 nitrogen and oxygen atoms in total. The largest absolute Gasteiger partial charge is 0.490 e. The number of thiophene rings is 1. The second-order valence-corrected chi connectivity index (χ2v) is 5.83. The fraction of sp³-hybridized carbons (Fsp3) is 0.250. The van der Waals surface area contributed by atoms with Crippen LogP contribution in [0, 0.1) is 0 Å². The summed E-state index contributed by atoms with van der Waals surface area (Å²) in [5.41, 5.74) is 0.691. The molecule has 1 atom stereocenters. The minimum atomic E-state index is -0.717. The van der Waals surface area contributed by atoms with Gasteiger partial charge in [0.05, 0.1) is 18.8 Å². The van der Waals surface area contributed by atoms with Gasteiger partial charge in [0.1, 0.15) is 18.5 Å². The van der Waals surface area contributed by atoms with Crippen LogP contribution >= 0.6 is 11.3 Å². The topological polar surface area (TPSA) is 77.6 Å². The molecule has 0 bridgehead atoms. The van der Waals surface area contributed by atoms with Crippen molar-refractivity contribution in [2.75, 3.05) is 13.2 Å². The van der Waals surface area contributed by atoms with Crippen LogP contribution in [-0.2, 0) is 11.3 Å². The molecule has 0 amide bonds. The zero-order valence-electron chi connectivity index (χ0n) is 12.3. The van der Waals surface area contributed by atoms with Crippen molar-refractivity contribution in [1.29, 1.82) is 0 Å². The molecule has 0 saturated carbocycles. The van der Waals surface area contributed by atoms with Gasteiger partial charge in [-0.2, -0.15) is 0 Å². The summed E-state index contributed by atoms with van der Waals surface area (Å²) in [6.07, 6.45) is 0.546. The molecule has 2 aromatic heterocycles. The van der Waals surface area contributed by atoms with Gasteiger partial charge in [0.15, 0.2) is 0 Å². The molecule has 0 saturated heterocycles. The maximum Gasteiger partial charge on any atom is 0.251 e. The molecule has 1 N–H and O–H groups in total. The van der Waals surface area contributed by atoms with Crippen molar-refractivity contribution in [1.82, 2.24) is 10.2 Å². The lowest BCUT2D eigenvalue weighted by Crippen LogP contribution is -2.23. The van der Waals surface area contributed by atoms with Crippen LogP contribution in [0.5, 0.6) is 5.75 Å². The molecule has 0 radical (unpaired) electrons. The van der Waals surface area contributed by atoms with Crippen LogP contribution in [0.2, 0.25) is 0 Å². The van der Waals surface area contributed by atoms with Gasteiger partial charge in [-0.3, -0.25) is 0 Å². The Morgan fingerprint density at radius 1 is 1.17 bits per heavy atom. The Morgan fingerprint density at radius 2 is 2.09 bits per heavy atom. The van der Waals surface area contributed by atoms with Crippen molar-refractivity contribution in [2.24, 2.45) is 0 Å². The van der Waals surface area contributed by atoms with Gasteiger partial charge in [-0.25, -0.2) is 0 Å². The van der Waals surface area contributed by atoms with E-state index < -0.39 is 6.10 Å². The zero-order valence-corrected chi connectivity index (χ0v) is 13.1. The molecule has 120 valence electrons. The third-order valence-electron chi connectivity index (χ3n) is 3.04. The van der Waals surface area contributed by atoms with Gasteiger partial charge in [0.2, 0.25) is 6.39 Å². The van der Waals surface area contributed by atoms with Crippen molar-refractivity contribution in [3.63, 3.8) is 0 Å². The number of benzene rings is 1. The highest BCUT2D eigenvalue weighted by atomic mass is 32.1. The van der Waals surface area contributed by atoms with Crippen molar-refractivity contribution < 1.29 is 19.0 Å². The SMILES string of the molecule is OC(COCc1cccs1)COc1ccccc1-c1nnco1. The summed E-state index contributed by atoms with van der Waals surface area (Å²) in [5, 5.41) is 19.5. The van der Waals surface area contributed by atoms with E-state index in [2.05, 4.69) is 10.2 Å². The first kappa shape index (κ1) is 15.7. The lowest BCUT2D eigenvalue weighted by molar-refractivity contribution is 0.00633. The summed E-state index contributed by atoms with van der Waals surface area (Å²) in [6.45, 7) is 0.823. The van der Waals surface area contributed by atoms with Crippen LogP contribution in [0.3, 0.4) is 0 Å². The number of ether oxygens (including phenoxy) is 2. The van der Waals surface area contributed by atoms with Crippen LogP contribution in [-0.4, -0.2) is 34.6 Å². The van der Waals surface area contributed by atoms with Gasteiger partial charge in [0.25, 0.3) is 5.89 Å². The molecule has 0 aliphatic carbocycles. The lowest BCUT2D eigenvalue weighted by Gasteiger charge is -2.14. The molecular formula is C16H16N2O4S. The molecule has 0 fully saturated rings. The second kappa shape index (κ2) is 7.87. The van der Waals surface area contributed by atoms with Crippen LogP contribution in [0.4, 0.5) is 0 Å². The number of aromatic nitrogens is 2. The Balaban J connectivity index is 1.50. The van der Waals surface area contributed by atoms with Gasteiger partial charge in [0, 0.05) is 4.88 Å². The molecule has 2 heterocycles. The zero-order chi connectivity index (χ0) is 15.9. The highest BCUT2D eigenvalue weighted by Crippen LogP contribution is 2.27. The Morgan fingerprint density at radius 3 is 2.87 bits per heavy atom. The molecule has 3 aromatic rings. The maximum absolute atomic E-state index is 9.96. The van der Waals surface area contributed by atoms with Gasteiger partial charge in [-0.15, -0.1) is 21.5 Å². The number of aliphatic hydroxyl groups excluding tert-OH is 1. The Bertz CT molecular complexity index is 701. The molecule has 3 rings (SSSR count). The number of para-hydroxylation sites is 1. The van der Waals surface area contributed by atoms with E-state index in [0.29, 0.717) is 23.8 Å². The molecule has 7 heteroatoms. The summed E-state index contributed by atoms with van der Waals surface area (Å²) in [7, 11) is 0. The minimum Gasteiger partial charge on any atom is -0.490 e. The van der Waals surface area contributed by atoms with Gasteiger partial charge >= 0.3 is 0 Å². The number of hydrogen-bond acceptors (Lipinski definition) is 7. The highest BCUT2D eigenvalue weighted by molar-refractivity contribution is 7.09. The van der Waals surface area contributed by atoms with Crippen molar-refractivity contribution in [2.45, 2.75) is 12.7 Å². The van der Waals surface area contributed by atoms with Gasteiger partial charge < -0.3 is 19.0 Å². The Hall–Kier alpha value is -2.22. The van der Waals surface area contributed by atoms with Crippen LogP contribution in [0.25, 0.3) is 11.5 Å². The molecule has 0 spiro atoms. The van der Waals surface area contributed by atoms with E-state index >= 15 is 0 Å². The normalized spacial score (nSPS) is 12.2. The van der Waals surface area contributed by atoms with Crippen molar-refractivity contribution in [3.05, 3.63) is 53.0 Å². The summed E-state index contributed by atoms with van der Waals surface area (Å²) >= 11 is 1.62. The monoisotopic (exact) mass is 332 g/mol. The molecule has 0 aliphatic rings. The standard InChI is InChI=1S/C16H16N2O4S/c19-12(8-20-10-13-4-3-7-23-13)9-21-15-6-2-1-5-14(15)16-18-17-11-22-16/h1-7,11-12,19H,8-10H2. The number of hydrogen-bond donors (Lipinski definition) is 1. The van der Waals surface area contributed by atoms with E-state index in [9.17, 15) is 5.11 Å².